The third kappa shape index (κ3) is 3.43. The molecule has 2 amide bonds. The Bertz CT molecular complexity index is 402. The molecule has 1 aromatic rings. The second kappa shape index (κ2) is 5.82. The van der Waals surface area contributed by atoms with Gasteiger partial charge in [0.2, 0.25) is 0 Å². The molecule has 1 aliphatic heterocycles. The van der Waals surface area contributed by atoms with Crippen molar-refractivity contribution in [2.45, 2.75) is 25.4 Å². The van der Waals surface area contributed by atoms with E-state index in [1.807, 2.05) is 6.92 Å². The lowest BCUT2D eigenvalue weighted by Crippen LogP contribution is -2.43. The zero-order chi connectivity index (χ0) is 13.0. The molecule has 2 atom stereocenters. The summed E-state index contributed by atoms with van der Waals surface area (Å²) in [5.41, 5.74) is 0.870. The standard InChI is InChI=1S/C13H17FN2O2/c1-9(10-2-4-11(14)5-3-10)15-13(17)16-12-6-7-18-8-12/h2-5,9,12H,6-8H2,1H3,(H2,15,16,17). The van der Waals surface area contributed by atoms with Gasteiger partial charge in [-0.3, -0.25) is 0 Å². The number of hydrogen-bond donors (Lipinski definition) is 2. The molecule has 0 bridgehead atoms. The highest BCUT2D eigenvalue weighted by molar-refractivity contribution is 5.74. The largest absolute Gasteiger partial charge is 0.379 e. The van der Waals surface area contributed by atoms with Crippen LogP contribution in [0.15, 0.2) is 24.3 Å². The van der Waals surface area contributed by atoms with E-state index in [4.69, 9.17) is 4.74 Å². The first kappa shape index (κ1) is 12.8. The predicted molar refractivity (Wildman–Crippen MR) is 65.7 cm³/mol. The lowest BCUT2D eigenvalue weighted by Gasteiger charge is -2.17. The van der Waals surface area contributed by atoms with Crippen LogP contribution in [0.5, 0.6) is 0 Å². The Morgan fingerprint density at radius 3 is 2.78 bits per heavy atom. The molecule has 1 aromatic carbocycles. The number of benzene rings is 1. The van der Waals surface area contributed by atoms with Gasteiger partial charge in [-0.2, -0.15) is 0 Å². The molecule has 1 heterocycles. The Hall–Kier alpha value is -1.62. The molecule has 1 fully saturated rings. The molecule has 2 unspecified atom stereocenters. The maximum Gasteiger partial charge on any atom is 0.315 e. The van der Waals surface area contributed by atoms with Crippen LogP contribution in [0.1, 0.15) is 24.9 Å². The van der Waals surface area contributed by atoms with E-state index in [-0.39, 0.29) is 23.9 Å². The van der Waals surface area contributed by atoms with Gasteiger partial charge in [0.1, 0.15) is 5.82 Å². The average molecular weight is 252 g/mol. The monoisotopic (exact) mass is 252 g/mol. The highest BCUT2D eigenvalue weighted by atomic mass is 19.1. The fraction of sp³-hybridized carbons (Fsp3) is 0.462. The topological polar surface area (TPSA) is 50.4 Å². The number of nitrogens with one attached hydrogen (secondary N) is 2. The summed E-state index contributed by atoms with van der Waals surface area (Å²) in [5.74, 6) is -0.279. The van der Waals surface area contributed by atoms with Crippen molar-refractivity contribution < 1.29 is 13.9 Å². The van der Waals surface area contributed by atoms with Crippen molar-refractivity contribution in [1.82, 2.24) is 10.6 Å². The number of halogens is 1. The van der Waals surface area contributed by atoms with Crippen LogP contribution < -0.4 is 10.6 Å². The van der Waals surface area contributed by atoms with E-state index in [1.165, 1.54) is 12.1 Å². The van der Waals surface area contributed by atoms with E-state index < -0.39 is 0 Å². The van der Waals surface area contributed by atoms with Crippen LogP contribution >= 0.6 is 0 Å². The van der Waals surface area contributed by atoms with Gasteiger partial charge >= 0.3 is 6.03 Å². The van der Waals surface area contributed by atoms with E-state index in [2.05, 4.69) is 10.6 Å². The Morgan fingerprint density at radius 1 is 1.44 bits per heavy atom. The minimum Gasteiger partial charge on any atom is -0.379 e. The molecule has 2 rings (SSSR count). The molecule has 0 aliphatic carbocycles. The van der Waals surface area contributed by atoms with Crippen LogP contribution in [0.4, 0.5) is 9.18 Å². The van der Waals surface area contributed by atoms with Crippen molar-refractivity contribution in [3.8, 4) is 0 Å². The molecule has 98 valence electrons. The normalized spacial score (nSPS) is 20.4. The summed E-state index contributed by atoms with van der Waals surface area (Å²) in [7, 11) is 0. The van der Waals surface area contributed by atoms with E-state index in [0.717, 1.165) is 12.0 Å². The van der Waals surface area contributed by atoms with Crippen molar-refractivity contribution in [2.24, 2.45) is 0 Å². The summed E-state index contributed by atoms with van der Waals surface area (Å²) >= 11 is 0. The molecular weight excluding hydrogens is 235 g/mol. The molecule has 0 aromatic heterocycles. The number of carbonyl (C=O) groups excluding carboxylic acids is 1. The van der Waals surface area contributed by atoms with Crippen molar-refractivity contribution >= 4 is 6.03 Å². The summed E-state index contributed by atoms with van der Waals surface area (Å²) in [6.45, 7) is 3.12. The molecule has 2 N–H and O–H groups in total. The van der Waals surface area contributed by atoms with Crippen LogP contribution in [-0.4, -0.2) is 25.3 Å². The SMILES string of the molecule is CC(NC(=O)NC1CCOC1)c1ccc(F)cc1. The van der Waals surface area contributed by atoms with E-state index in [9.17, 15) is 9.18 Å². The first-order valence-electron chi connectivity index (χ1n) is 6.05. The molecule has 5 heteroatoms. The van der Waals surface area contributed by atoms with E-state index in [0.29, 0.717) is 13.2 Å². The van der Waals surface area contributed by atoms with Gasteiger partial charge in [0.05, 0.1) is 18.7 Å². The smallest absolute Gasteiger partial charge is 0.315 e. The zero-order valence-electron chi connectivity index (χ0n) is 10.3. The number of rotatable bonds is 3. The fourth-order valence-corrected chi connectivity index (χ4v) is 1.91. The van der Waals surface area contributed by atoms with Crippen LogP contribution in [0, 0.1) is 5.82 Å². The summed E-state index contributed by atoms with van der Waals surface area (Å²) < 4.78 is 17.9. The first-order chi connectivity index (χ1) is 8.65. The summed E-state index contributed by atoms with van der Waals surface area (Å²) in [4.78, 5) is 11.7. The predicted octanol–water partition coefficient (Wildman–Crippen LogP) is 1.97. The lowest BCUT2D eigenvalue weighted by molar-refractivity contribution is 0.188. The van der Waals surface area contributed by atoms with E-state index >= 15 is 0 Å². The van der Waals surface area contributed by atoms with Gasteiger partial charge in [0, 0.05) is 6.61 Å². The summed E-state index contributed by atoms with van der Waals surface area (Å²) in [5, 5.41) is 5.66. The zero-order valence-corrected chi connectivity index (χ0v) is 10.3. The maximum absolute atomic E-state index is 12.8. The second-order valence-electron chi connectivity index (χ2n) is 4.45. The Kier molecular flexibility index (Phi) is 4.15. The minimum absolute atomic E-state index is 0.0883. The molecular formula is C13H17FN2O2. The molecule has 1 aliphatic rings. The third-order valence-corrected chi connectivity index (χ3v) is 2.98. The average Bonchev–Trinajstić information content (AvgIpc) is 2.82. The Morgan fingerprint density at radius 2 is 2.17 bits per heavy atom. The first-order valence-corrected chi connectivity index (χ1v) is 6.05. The van der Waals surface area contributed by atoms with E-state index in [1.54, 1.807) is 12.1 Å². The maximum atomic E-state index is 12.8. The molecule has 4 nitrogen and oxygen atoms in total. The molecule has 0 saturated carbocycles. The number of urea groups is 1. The van der Waals surface area contributed by atoms with Gasteiger partial charge in [0.25, 0.3) is 0 Å². The van der Waals surface area contributed by atoms with Gasteiger partial charge in [-0.1, -0.05) is 12.1 Å². The second-order valence-corrected chi connectivity index (χ2v) is 4.45. The van der Waals surface area contributed by atoms with Crippen LogP contribution in [-0.2, 0) is 4.74 Å². The Labute approximate surface area is 106 Å². The lowest BCUT2D eigenvalue weighted by atomic mass is 10.1. The summed E-state index contributed by atoms with van der Waals surface area (Å²) in [6, 6.07) is 5.81. The molecule has 1 saturated heterocycles. The van der Waals surface area contributed by atoms with Crippen LogP contribution in [0.2, 0.25) is 0 Å². The number of ether oxygens (including phenoxy) is 1. The van der Waals surface area contributed by atoms with Crippen LogP contribution in [0.25, 0.3) is 0 Å². The number of hydrogen-bond acceptors (Lipinski definition) is 2. The summed E-state index contributed by atoms with van der Waals surface area (Å²) in [6.07, 6.45) is 0.846. The van der Waals surface area contributed by atoms with Gasteiger partial charge in [-0.05, 0) is 31.0 Å². The molecule has 0 radical (unpaired) electrons. The van der Waals surface area contributed by atoms with Gasteiger partial charge < -0.3 is 15.4 Å². The third-order valence-electron chi connectivity index (χ3n) is 2.98. The van der Waals surface area contributed by atoms with Gasteiger partial charge in [-0.15, -0.1) is 0 Å². The number of amides is 2. The quantitative estimate of drug-likeness (QED) is 0.864. The highest BCUT2D eigenvalue weighted by Gasteiger charge is 2.18. The van der Waals surface area contributed by atoms with Gasteiger partial charge in [-0.25, -0.2) is 9.18 Å². The van der Waals surface area contributed by atoms with Gasteiger partial charge in [0.15, 0.2) is 0 Å². The minimum atomic E-state index is -0.279. The number of carbonyl (C=O) groups is 1. The van der Waals surface area contributed by atoms with Crippen LogP contribution in [0.3, 0.4) is 0 Å². The highest BCUT2D eigenvalue weighted by Crippen LogP contribution is 2.12. The van der Waals surface area contributed by atoms with Crippen molar-refractivity contribution in [3.63, 3.8) is 0 Å². The fourth-order valence-electron chi connectivity index (χ4n) is 1.91. The Balaban J connectivity index is 1.84. The van der Waals surface area contributed by atoms with Crippen molar-refractivity contribution in [2.75, 3.05) is 13.2 Å². The molecule has 0 spiro atoms. The van der Waals surface area contributed by atoms with Crippen molar-refractivity contribution in [3.05, 3.63) is 35.6 Å². The van der Waals surface area contributed by atoms with Crippen molar-refractivity contribution in [1.29, 1.82) is 0 Å². The molecule has 18 heavy (non-hydrogen) atoms.